The number of fused-ring (bicyclic) bond motifs is 1. The van der Waals surface area contributed by atoms with Gasteiger partial charge in [0.25, 0.3) is 0 Å². The van der Waals surface area contributed by atoms with Gasteiger partial charge in [0.05, 0.1) is 29.9 Å². The molecule has 0 saturated carbocycles. The van der Waals surface area contributed by atoms with Crippen LogP contribution in [-0.2, 0) is 4.79 Å². The van der Waals surface area contributed by atoms with Gasteiger partial charge >= 0.3 is 0 Å². The van der Waals surface area contributed by atoms with Crippen LogP contribution in [0.5, 0.6) is 5.75 Å². The molecule has 166 valence electrons. The van der Waals surface area contributed by atoms with Gasteiger partial charge in [-0.05, 0) is 55.0 Å². The van der Waals surface area contributed by atoms with Gasteiger partial charge in [-0.2, -0.15) is 0 Å². The van der Waals surface area contributed by atoms with E-state index in [-0.39, 0.29) is 12.2 Å². The second-order valence-electron chi connectivity index (χ2n) is 7.63. The number of para-hydroxylation sites is 1. The fourth-order valence-corrected chi connectivity index (χ4v) is 4.43. The number of hydrogen-bond donors (Lipinski definition) is 2. The number of nitrogens with zero attached hydrogens (tertiary/aromatic N) is 2. The lowest BCUT2D eigenvalue weighted by atomic mass is 10.2. The van der Waals surface area contributed by atoms with Crippen molar-refractivity contribution in [2.75, 3.05) is 34.6 Å². The molecule has 0 bridgehead atoms. The number of amides is 1. The van der Waals surface area contributed by atoms with Gasteiger partial charge in [0.2, 0.25) is 5.91 Å². The number of carbonyl (C=O) groups excluding carboxylic acids is 1. The molecular formula is C24H24Cl2N4O2. The van der Waals surface area contributed by atoms with Crippen molar-refractivity contribution in [2.45, 2.75) is 20.1 Å². The molecule has 0 aromatic heterocycles. The van der Waals surface area contributed by atoms with E-state index in [0.29, 0.717) is 15.8 Å². The summed E-state index contributed by atoms with van der Waals surface area (Å²) in [5.41, 5.74) is 5.33. The highest BCUT2D eigenvalue weighted by Crippen LogP contribution is 2.48. The van der Waals surface area contributed by atoms with Gasteiger partial charge in [-0.1, -0.05) is 29.3 Å². The van der Waals surface area contributed by atoms with E-state index >= 15 is 0 Å². The number of anilines is 5. The van der Waals surface area contributed by atoms with Gasteiger partial charge in [-0.25, -0.2) is 0 Å². The Bertz CT molecular complexity index is 1170. The Morgan fingerprint density at radius 3 is 2.44 bits per heavy atom. The van der Waals surface area contributed by atoms with Crippen LogP contribution in [0.2, 0.25) is 10.0 Å². The first kappa shape index (κ1) is 22.1. The van der Waals surface area contributed by atoms with Gasteiger partial charge in [0.1, 0.15) is 5.75 Å². The van der Waals surface area contributed by atoms with Crippen LogP contribution in [0.25, 0.3) is 0 Å². The van der Waals surface area contributed by atoms with E-state index in [1.54, 1.807) is 13.2 Å². The molecule has 0 saturated heterocycles. The van der Waals surface area contributed by atoms with Gasteiger partial charge in [-0.15, -0.1) is 0 Å². The number of aryl methyl sites for hydroxylation is 1. The molecule has 6 nitrogen and oxygen atoms in total. The lowest BCUT2D eigenvalue weighted by Gasteiger charge is -2.33. The van der Waals surface area contributed by atoms with Crippen LogP contribution < -0.4 is 25.2 Å². The number of rotatable bonds is 5. The number of halogens is 2. The summed E-state index contributed by atoms with van der Waals surface area (Å²) in [4.78, 5) is 16.1. The minimum Gasteiger partial charge on any atom is -0.495 e. The summed E-state index contributed by atoms with van der Waals surface area (Å²) < 4.78 is 5.60. The summed E-state index contributed by atoms with van der Waals surface area (Å²) in [6.45, 7) is 3.48. The molecule has 0 spiro atoms. The van der Waals surface area contributed by atoms with Crippen molar-refractivity contribution in [3.8, 4) is 5.75 Å². The van der Waals surface area contributed by atoms with Gasteiger partial charge < -0.3 is 25.2 Å². The lowest BCUT2D eigenvalue weighted by molar-refractivity contribution is -0.114. The third kappa shape index (κ3) is 4.04. The molecular weight excluding hydrogens is 447 g/mol. The van der Waals surface area contributed by atoms with Crippen LogP contribution in [0, 0.1) is 6.92 Å². The molecule has 0 aliphatic carbocycles. The highest BCUT2D eigenvalue weighted by molar-refractivity contribution is 6.31. The number of carbonyl (C=O) groups is 1. The van der Waals surface area contributed by atoms with Crippen LogP contribution in [0.3, 0.4) is 0 Å². The molecule has 0 fully saturated rings. The predicted octanol–water partition coefficient (Wildman–Crippen LogP) is 6.25. The second-order valence-corrected chi connectivity index (χ2v) is 8.50. The molecule has 0 radical (unpaired) electrons. The van der Waals surface area contributed by atoms with E-state index in [1.165, 1.54) is 6.92 Å². The highest BCUT2D eigenvalue weighted by Gasteiger charge is 2.37. The third-order valence-corrected chi connectivity index (χ3v) is 5.88. The summed E-state index contributed by atoms with van der Waals surface area (Å²) in [5.74, 6) is 0.522. The number of nitrogens with one attached hydrogen (secondary N) is 2. The molecule has 1 atom stereocenters. The van der Waals surface area contributed by atoms with Crippen molar-refractivity contribution < 1.29 is 9.53 Å². The first-order chi connectivity index (χ1) is 15.3. The molecule has 8 heteroatoms. The Balaban J connectivity index is 1.85. The molecule has 1 aliphatic rings. The maximum atomic E-state index is 11.8. The molecule has 1 unspecified atom stereocenters. The van der Waals surface area contributed by atoms with Crippen molar-refractivity contribution in [3.63, 3.8) is 0 Å². The zero-order chi connectivity index (χ0) is 23.0. The second kappa shape index (κ2) is 8.81. The summed E-state index contributed by atoms with van der Waals surface area (Å²) in [5, 5.41) is 7.83. The van der Waals surface area contributed by atoms with Gasteiger partial charge in [0, 0.05) is 35.8 Å². The van der Waals surface area contributed by atoms with E-state index in [1.807, 2.05) is 62.5 Å². The van der Waals surface area contributed by atoms with Crippen LogP contribution in [0.15, 0.2) is 54.6 Å². The van der Waals surface area contributed by atoms with Crippen LogP contribution in [0.4, 0.5) is 28.4 Å². The molecule has 32 heavy (non-hydrogen) atoms. The fraction of sp³-hybridized carbons (Fsp3) is 0.208. The summed E-state index contributed by atoms with van der Waals surface area (Å²) >= 11 is 12.4. The van der Waals surface area contributed by atoms with E-state index in [4.69, 9.17) is 27.9 Å². The minimum atomic E-state index is -0.310. The standard InChI is InChI=1S/C24H24Cl2N4O2/c1-14-12-17(26)13-21(32-4)22(14)28-24-29(3)23-19(27-15(2)31)6-5-7-20(23)30(24)18-10-8-16(25)9-11-18/h5-13,24,28H,1-4H3,(H,27,31). The smallest absolute Gasteiger partial charge is 0.221 e. The average Bonchev–Trinajstić information content (AvgIpc) is 3.02. The third-order valence-electron chi connectivity index (χ3n) is 5.41. The van der Waals surface area contributed by atoms with Crippen molar-refractivity contribution in [1.29, 1.82) is 0 Å². The monoisotopic (exact) mass is 470 g/mol. The largest absolute Gasteiger partial charge is 0.495 e. The normalized spacial score (nSPS) is 14.9. The number of ether oxygens (including phenoxy) is 1. The first-order valence-corrected chi connectivity index (χ1v) is 10.8. The lowest BCUT2D eigenvalue weighted by Crippen LogP contribution is -2.45. The quantitative estimate of drug-likeness (QED) is 0.461. The zero-order valence-electron chi connectivity index (χ0n) is 18.2. The van der Waals surface area contributed by atoms with Crippen LogP contribution in [0.1, 0.15) is 12.5 Å². The number of methoxy groups -OCH3 is 1. The molecule has 4 rings (SSSR count). The molecule has 1 amide bonds. The minimum absolute atomic E-state index is 0.128. The Hall–Kier alpha value is -3.09. The van der Waals surface area contributed by atoms with E-state index in [0.717, 1.165) is 34.0 Å². The Kier molecular flexibility index (Phi) is 6.09. The summed E-state index contributed by atoms with van der Waals surface area (Å²) in [7, 11) is 3.60. The highest BCUT2D eigenvalue weighted by atomic mass is 35.5. The summed E-state index contributed by atoms with van der Waals surface area (Å²) in [6, 6.07) is 17.2. The van der Waals surface area contributed by atoms with Crippen LogP contribution >= 0.6 is 23.2 Å². The molecule has 3 aromatic rings. The van der Waals surface area contributed by atoms with Crippen molar-refractivity contribution >= 4 is 57.5 Å². The molecule has 1 heterocycles. The maximum Gasteiger partial charge on any atom is 0.221 e. The average molecular weight is 471 g/mol. The predicted molar refractivity (Wildman–Crippen MR) is 133 cm³/mol. The van der Waals surface area contributed by atoms with Gasteiger partial charge in [-0.3, -0.25) is 4.79 Å². The molecule has 2 N–H and O–H groups in total. The SMILES string of the molecule is COc1cc(Cl)cc(C)c1NC1N(C)c2c(NC(C)=O)cccc2N1c1ccc(Cl)cc1. The van der Waals surface area contributed by atoms with E-state index in [2.05, 4.69) is 20.4 Å². The topological polar surface area (TPSA) is 56.8 Å². The van der Waals surface area contributed by atoms with E-state index < -0.39 is 0 Å². The Morgan fingerprint density at radius 2 is 1.78 bits per heavy atom. The molecule has 1 aliphatic heterocycles. The van der Waals surface area contributed by atoms with Crippen molar-refractivity contribution in [3.05, 3.63) is 70.2 Å². The summed E-state index contributed by atoms with van der Waals surface area (Å²) in [6.07, 6.45) is -0.310. The van der Waals surface area contributed by atoms with Crippen molar-refractivity contribution in [1.82, 2.24) is 0 Å². The van der Waals surface area contributed by atoms with E-state index in [9.17, 15) is 4.79 Å². The Labute approximate surface area is 197 Å². The first-order valence-electron chi connectivity index (χ1n) is 10.1. The van der Waals surface area contributed by atoms with Crippen LogP contribution in [-0.4, -0.2) is 26.4 Å². The maximum absolute atomic E-state index is 11.8. The van der Waals surface area contributed by atoms with Gasteiger partial charge in [0.15, 0.2) is 6.29 Å². The Morgan fingerprint density at radius 1 is 1.06 bits per heavy atom. The number of hydrogen-bond acceptors (Lipinski definition) is 5. The van der Waals surface area contributed by atoms with Crippen molar-refractivity contribution in [2.24, 2.45) is 0 Å². The number of benzene rings is 3. The fourth-order valence-electron chi connectivity index (χ4n) is 4.04. The zero-order valence-corrected chi connectivity index (χ0v) is 19.8. The molecule has 3 aromatic carbocycles.